The van der Waals surface area contributed by atoms with E-state index in [0.29, 0.717) is 16.6 Å². The van der Waals surface area contributed by atoms with Crippen LogP contribution in [0.15, 0.2) is 200 Å². The Kier molecular flexibility index (Phi) is 11.7. The molecule has 7 heteroatoms. The largest absolute Gasteiger partial charge is 0.363 e. The van der Waals surface area contributed by atoms with Gasteiger partial charge in [-0.15, -0.1) is 28.6 Å². The zero-order chi connectivity index (χ0) is 39.8. The van der Waals surface area contributed by atoms with Gasteiger partial charge in [0.15, 0.2) is 0 Å². The smallest absolute Gasteiger partial charge is 0.325 e. The van der Waals surface area contributed by atoms with Crippen LogP contribution in [-0.2, 0) is 35.4 Å². The number of hydroxylamine groups is 2. The van der Waals surface area contributed by atoms with Crippen molar-refractivity contribution in [1.29, 1.82) is 0 Å². The lowest BCUT2D eigenvalue weighted by Crippen LogP contribution is -2.32. The fourth-order valence-electron chi connectivity index (χ4n) is 7.76. The van der Waals surface area contributed by atoms with Gasteiger partial charge < -0.3 is 4.84 Å². The number of carbonyl (C=O) groups is 3. The highest BCUT2D eigenvalue weighted by Gasteiger charge is 2.39. The van der Waals surface area contributed by atoms with Crippen LogP contribution < -0.4 is 0 Å². The van der Waals surface area contributed by atoms with E-state index in [0.717, 1.165) is 44.5 Å². The molecule has 1 saturated heterocycles. The predicted octanol–water partition coefficient (Wildman–Crippen LogP) is 11.4. The standard InChI is InChI=1S/C51H41NO4S2/c53-47-31-32-48(54)52(47)56-49(55)40-34-38(36-57-50(41-19-7-1-8-20-41,42-21-9-2-10-22-42)43-23-11-3-12-24-43)33-39(35-40)37-58-51(44-25-13-4-14-26-44,45-27-15-5-16-28-45)46-29-17-6-18-30-46/h1-30,33-35H,31-32,36-37H2. The maximum atomic E-state index is 13.9. The van der Waals surface area contributed by atoms with E-state index in [1.807, 2.05) is 48.5 Å². The Balaban J connectivity index is 1.23. The molecular weight excluding hydrogens is 755 g/mol. The number of imide groups is 1. The van der Waals surface area contributed by atoms with Crippen LogP contribution in [0.25, 0.3) is 0 Å². The molecule has 0 N–H and O–H groups in total. The van der Waals surface area contributed by atoms with Crippen molar-refractivity contribution in [2.24, 2.45) is 0 Å². The average molecular weight is 796 g/mol. The van der Waals surface area contributed by atoms with Gasteiger partial charge in [0, 0.05) is 24.3 Å². The summed E-state index contributed by atoms with van der Waals surface area (Å²) in [6.07, 6.45) is 0.0392. The third-order valence-corrected chi connectivity index (χ3v) is 13.7. The van der Waals surface area contributed by atoms with Crippen molar-refractivity contribution in [1.82, 2.24) is 5.06 Å². The Hall–Kier alpha value is -6.15. The first-order chi connectivity index (χ1) is 28.5. The van der Waals surface area contributed by atoms with Crippen molar-refractivity contribution in [3.63, 3.8) is 0 Å². The number of hydrogen-bond acceptors (Lipinski definition) is 6. The van der Waals surface area contributed by atoms with Crippen LogP contribution in [0.1, 0.15) is 67.7 Å². The van der Waals surface area contributed by atoms with Crippen molar-refractivity contribution >= 4 is 41.3 Å². The molecule has 7 aromatic carbocycles. The Morgan fingerprint density at radius 2 is 0.724 bits per heavy atom. The fraction of sp³-hybridized carbons (Fsp3) is 0.118. The molecule has 7 aromatic rings. The molecule has 0 aliphatic carbocycles. The summed E-state index contributed by atoms with van der Waals surface area (Å²) >= 11 is 3.56. The topological polar surface area (TPSA) is 63.7 Å². The third-order valence-electron chi connectivity index (χ3n) is 10.5. The first-order valence-electron chi connectivity index (χ1n) is 19.3. The van der Waals surface area contributed by atoms with Crippen LogP contribution in [0.3, 0.4) is 0 Å². The van der Waals surface area contributed by atoms with Crippen molar-refractivity contribution in [3.05, 3.63) is 250 Å². The number of benzene rings is 7. The second kappa shape index (κ2) is 17.6. The highest BCUT2D eigenvalue weighted by atomic mass is 32.2. The van der Waals surface area contributed by atoms with Gasteiger partial charge in [-0.05, 0) is 56.6 Å². The van der Waals surface area contributed by atoms with E-state index < -0.39 is 27.3 Å². The number of carbonyl (C=O) groups excluding carboxylic acids is 3. The molecule has 0 spiro atoms. The lowest BCUT2D eigenvalue weighted by molar-refractivity contribution is -0.172. The molecule has 1 fully saturated rings. The van der Waals surface area contributed by atoms with Crippen LogP contribution in [0, 0.1) is 0 Å². The molecule has 0 saturated carbocycles. The summed E-state index contributed by atoms with van der Waals surface area (Å²) < 4.78 is -1.18. The quantitative estimate of drug-likeness (QED) is 0.0807. The van der Waals surface area contributed by atoms with Crippen molar-refractivity contribution in [2.45, 2.75) is 33.8 Å². The first-order valence-corrected chi connectivity index (χ1v) is 21.3. The SMILES string of the molecule is O=C(ON1C(=O)CCC1=O)c1cc(CSC(c2ccccc2)(c2ccccc2)c2ccccc2)cc(CSC(c2ccccc2)(c2ccccc2)c2ccccc2)c1. The minimum atomic E-state index is -0.748. The summed E-state index contributed by atoms with van der Waals surface area (Å²) in [5.74, 6) is -0.724. The minimum absolute atomic E-state index is 0.0196. The number of nitrogens with zero attached hydrogens (tertiary/aromatic N) is 1. The van der Waals surface area contributed by atoms with Gasteiger partial charge in [-0.3, -0.25) is 9.59 Å². The van der Waals surface area contributed by atoms with Gasteiger partial charge in [-0.25, -0.2) is 4.79 Å². The molecule has 0 aromatic heterocycles. The lowest BCUT2D eigenvalue weighted by atomic mass is 9.84. The Morgan fingerprint density at radius 1 is 0.448 bits per heavy atom. The molecule has 286 valence electrons. The van der Waals surface area contributed by atoms with Gasteiger partial charge in [0.05, 0.1) is 15.1 Å². The van der Waals surface area contributed by atoms with Gasteiger partial charge in [-0.2, -0.15) is 0 Å². The van der Waals surface area contributed by atoms with Crippen LogP contribution in [0.5, 0.6) is 0 Å². The molecular formula is C51H41NO4S2. The summed E-state index contributed by atoms with van der Waals surface area (Å²) in [4.78, 5) is 44.5. The number of rotatable bonds is 14. The average Bonchev–Trinajstić information content (AvgIpc) is 3.61. The lowest BCUT2D eigenvalue weighted by Gasteiger charge is -2.36. The van der Waals surface area contributed by atoms with Crippen molar-refractivity contribution in [3.8, 4) is 0 Å². The zero-order valence-electron chi connectivity index (χ0n) is 31.8. The molecule has 8 rings (SSSR count). The first kappa shape index (κ1) is 38.7. The summed E-state index contributed by atoms with van der Waals surface area (Å²) in [6, 6.07) is 68.9. The second-order valence-corrected chi connectivity index (χ2v) is 16.5. The number of thioether (sulfide) groups is 2. The van der Waals surface area contributed by atoms with E-state index >= 15 is 0 Å². The van der Waals surface area contributed by atoms with Gasteiger partial charge in [0.1, 0.15) is 0 Å². The molecule has 1 aliphatic heterocycles. The van der Waals surface area contributed by atoms with Gasteiger partial charge in [0.2, 0.25) is 0 Å². The van der Waals surface area contributed by atoms with Gasteiger partial charge in [-0.1, -0.05) is 188 Å². The number of hydrogen-bond donors (Lipinski definition) is 0. The normalized spacial score (nSPS) is 13.1. The third kappa shape index (κ3) is 7.88. The van der Waals surface area contributed by atoms with Crippen LogP contribution in [0.4, 0.5) is 0 Å². The molecule has 0 bridgehead atoms. The summed E-state index contributed by atoms with van der Waals surface area (Å²) in [5.41, 5.74) is 8.89. The monoisotopic (exact) mass is 795 g/mol. The molecule has 0 atom stereocenters. The summed E-state index contributed by atoms with van der Waals surface area (Å²) in [7, 11) is 0. The van der Waals surface area contributed by atoms with E-state index in [-0.39, 0.29) is 18.4 Å². The Labute approximate surface area is 348 Å². The van der Waals surface area contributed by atoms with E-state index in [2.05, 4.69) is 152 Å². The van der Waals surface area contributed by atoms with E-state index in [1.165, 1.54) is 0 Å². The van der Waals surface area contributed by atoms with Crippen molar-refractivity contribution in [2.75, 3.05) is 0 Å². The highest BCUT2D eigenvalue weighted by molar-refractivity contribution is 8.00. The maximum absolute atomic E-state index is 13.9. The highest BCUT2D eigenvalue weighted by Crippen LogP contribution is 2.51. The van der Waals surface area contributed by atoms with Crippen LogP contribution in [0.2, 0.25) is 0 Å². The maximum Gasteiger partial charge on any atom is 0.363 e. The summed E-state index contributed by atoms with van der Waals surface area (Å²) in [6.45, 7) is 0. The Bertz CT molecular complexity index is 2120. The minimum Gasteiger partial charge on any atom is -0.325 e. The van der Waals surface area contributed by atoms with Gasteiger partial charge >= 0.3 is 5.97 Å². The number of amides is 2. The van der Waals surface area contributed by atoms with E-state index in [1.54, 1.807) is 23.5 Å². The predicted molar refractivity (Wildman–Crippen MR) is 234 cm³/mol. The fourth-order valence-corrected chi connectivity index (χ4v) is 10.7. The summed E-state index contributed by atoms with van der Waals surface area (Å²) in [5, 5.41) is 0.620. The molecule has 2 amide bonds. The van der Waals surface area contributed by atoms with Crippen LogP contribution in [-0.4, -0.2) is 22.8 Å². The second-order valence-electron chi connectivity index (χ2n) is 14.1. The van der Waals surface area contributed by atoms with Crippen LogP contribution >= 0.6 is 23.5 Å². The molecule has 1 aliphatic rings. The molecule has 0 radical (unpaired) electrons. The molecule has 58 heavy (non-hydrogen) atoms. The molecule has 1 heterocycles. The molecule has 0 unspecified atom stereocenters. The zero-order valence-corrected chi connectivity index (χ0v) is 33.4. The molecule has 5 nitrogen and oxygen atoms in total. The van der Waals surface area contributed by atoms with E-state index in [9.17, 15) is 14.4 Å². The van der Waals surface area contributed by atoms with E-state index in [4.69, 9.17) is 4.84 Å². The van der Waals surface area contributed by atoms with Gasteiger partial charge in [0.25, 0.3) is 11.8 Å². The Morgan fingerprint density at radius 3 is 1.00 bits per heavy atom. The van der Waals surface area contributed by atoms with Crippen molar-refractivity contribution < 1.29 is 19.2 Å².